The summed E-state index contributed by atoms with van der Waals surface area (Å²) in [5, 5.41) is 9.31. The molecule has 0 saturated carbocycles. The van der Waals surface area contributed by atoms with Crippen LogP contribution >= 0.6 is 0 Å². The van der Waals surface area contributed by atoms with E-state index < -0.39 is 18.1 Å². The van der Waals surface area contributed by atoms with Crippen LogP contribution in [-0.2, 0) is 72.5 Å². The second-order valence-corrected chi connectivity index (χ2v) is 13.0. The van der Waals surface area contributed by atoms with Crippen LogP contribution in [0.2, 0.25) is 0 Å². The highest BCUT2D eigenvalue weighted by atomic mass is 16.2. The topological polar surface area (TPSA) is 165 Å². The van der Waals surface area contributed by atoms with E-state index in [2.05, 4.69) is 36.7 Å². The van der Waals surface area contributed by atoms with Gasteiger partial charge in [0, 0.05) is 19.6 Å². The molecule has 0 bridgehead atoms. The fraction of sp³-hybridized carbons (Fsp3) is 0.357. The number of benzene rings is 4. The van der Waals surface area contributed by atoms with Gasteiger partial charge in [-0.1, -0.05) is 112 Å². The number of nitrogens with two attached hydrogens (primary N) is 3. The Hall–Kier alpha value is -4.83. The minimum atomic E-state index is -0.716. The lowest BCUT2D eigenvalue weighted by Crippen LogP contribution is -2.43. The molecule has 9 nitrogen and oxygen atoms in total. The fourth-order valence-electron chi connectivity index (χ4n) is 6.82. The van der Waals surface area contributed by atoms with Crippen molar-refractivity contribution in [2.45, 2.75) is 97.1 Å². The maximum atomic E-state index is 13.3. The second kappa shape index (κ2) is 19.5. The summed E-state index contributed by atoms with van der Waals surface area (Å²) < 4.78 is 0. The van der Waals surface area contributed by atoms with Gasteiger partial charge in [0.2, 0.25) is 17.7 Å². The lowest BCUT2D eigenvalue weighted by molar-refractivity contribution is -0.123. The molecule has 0 radical (unpaired) electrons. The standard InChI is InChI=1S/C42H54N6O3/c1-4-31-34(25-46-40(49)37(43)22-28-16-10-7-11-17-28)32(5-2)36(27-48-42(51)39(45)24-30-20-14-9-15-21-30)33(6-3)35(31)26-47-41(50)38(44)23-29-18-12-8-13-19-29/h7-21,37-39H,4-6,22-27,43-45H2,1-3H3,(H,46,49)(H,47,50)(H,48,51). The minimum Gasteiger partial charge on any atom is -0.351 e. The normalized spacial score (nSPS) is 12.8. The molecule has 9 N–H and O–H groups in total. The van der Waals surface area contributed by atoms with E-state index in [-0.39, 0.29) is 37.4 Å². The van der Waals surface area contributed by atoms with E-state index in [0.29, 0.717) is 38.5 Å². The van der Waals surface area contributed by atoms with E-state index in [4.69, 9.17) is 17.2 Å². The van der Waals surface area contributed by atoms with Crippen molar-refractivity contribution < 1.29 is 14.4 Å². The summed E-state index contributed by atoms with van der Waals surface area (Å²) in [6, 6.07) is 27.0. The lowest BCUT2D eigenvalue weighted by Gasteiger charge is -2.27. The zero-order valence-corrected chi connectivity index (χ0v) is 30.2. The number of amides is 3. The molecule has 51 heavy (non-hydrogen) atoms. The first-order chi connectivity index (χ1) is 24.7. The number of nitrogens with one attached hydrogen (secondary N) is 3. The summed E-state index contributed by atoms with van der Waals surface area (Å²) in [6.07, 6.45) is 3.29. The van der Waals surface area contributed by atoms with Gasteiger partial charge >= 0.3 is 0 Å². The molecule has 0 aliphatic heterocycles. The summed E-state index contributed by atoms with van der Waals surface area (Å²) >= 11 is 0. The van der Waals surface area contributed by atoms with E-state index in [1.165, 1.54) is 0 Å². The summed E-state index contributed by atoms with van der Waals surface area (Å²) in [4.78, 5) is 39.9. The monoisotopic (exact) mass is 690 g/mol. The summed E-state index contributed by atoms with van der Waals surface area (Å²) in [7, 11) is 0. The maximum Gasteiger partial charge on any atom is 0.237 e. The Morgan fingerprint density at radius 2 is 0.667 bits per heavy atom. The third kappa shape index (κ3) is 10.8. The van der Waals surface area contributed by atoms with Gasteiger partial charge < -0.3 is 33.2 Å². The van der Waals surface area contributed by atoms with Crippen LogP contribution in [-0.4, -0.2) is 35.8 Å². The Balaban J connectivity index is 1.63. The fourth-order valence-corrected chi connectivity index (χ4v) is 6.82. The Labute approximate surface area is 302 Å². The number of carbonyl (C=O) groups is 3. The molecular weight excluding hydrogens is 637 g/mol. The zero-order valence-electron chi connectivity index (χ0n) is 30.2. The third-order valence-electron chi connectivity index (χ3n) is 9.47. The first kappa shape index (κ1) is 39.0. The van der Waals surface area contributed by atoms with Gasteiger partial charge in [-0.05, 0) is 88.6 Å². The summed E-state index contributed by atoms with van der Waals surface area (Å²) in [6.45, 7) is 7.04. The smallest absolute Gasteiger partial charge is 0.237 e. The van der Waals surface area contributed by atoms with Gasteiger partial charge in [0.25, 0.3) is 0 Å². The molecule has 0 spiro atoms. The Bertz CT molecular complexity index is 1510. The highest BCUT2D eigenvalue weighted by Gasteiger charge is 2.25. The van der Waals surface area contributed by atoms with Gasteiger partial charge in [0.1, 0.15) is 0 Å². The van der Waals surface area contributed by atoms with E-state index >= 15 is 0 Å². The predicted molar refractivity (Wildman–Crippen MR) is 204 cm³/mol. The minimum absolute atomic E-state index is 0.244. The van der Waals surface area contributed by atoms with Crippen molar-refractivity contribution in [1.29, 1.82) is 0 Å². The second-order valence-electron chi connectivity index (χ2n) is 13.0. The molecule has 4 aromatic carbocycles. The molecule has 3 amide bonds. The molecule has 4 rings (SSSR count). The van der Waals surface area contributed by atoms with E-state index in [9.17, 15) is 14.4 Å². The van der Waals surface area contributed by atoms with Crippen molar-refractivity contribution >= 4 is 17.7 Å². The van der Waals surface area contributed by atoms with Crippen LogP contribution in [0.5, 0.6) is 0 Å². The van der Waals surface area contributed by atoms with Gasteiger partial charge in [-0.15, -0.1) is 0 Å². The van der Waals surface area contributed by atoms with Crippen LogP contribution in [0.4, 0.5) is 0 Å². The van der Waals surface area contributed by atoms with Crippen LogP contribution in [0.1, 0.15) is 70.8 Å². The van der Waals surface area contributed by atoms with Crippen LogP contribution in [0.25, 0.3) is 0 Å². The van der Waals surface area contributed by atoms with Gasteiger partial charge in [-0.3, -0.25) is 14.4 Å². The highest BCUT2D eigenvalue weighted by molar-refractivity contribution is 5.83. The molecule has 3 atom stereocenters. The average molecular weight is 691 g/mol. The maximum absolute atomic E-state index is 13.3. The lowest BCUT2D eigenvalue weighted by atomic mass is 9.83. The van der Waals surface area contributed by atoms with Crippen LogP contribution in [0.15, 0.2) is 91.0 Å². The van der Waals surface area contributed by atoms with Crippen LogP contribution in [0.3, 0.4) is 0 Å². The molecule has 9 heteroatoms. The van der Waals surface area contributed by atoms with Crippen molar-refractivity contribution in [3.8, 4) is 0 Å². The molecule has 270 valence electrons. The molecule has 0 aromatic heterocycles. The number of hydrogen-bond acceptors (Lipinski definition) is 6. The molecule has 0 heterocycles. The first-order valence-corrected chi connectivity index (χ1v) is 18.0. The number of carbonyl (C=O) groups excluding carboxylic acids is 3. The Morgan fingerprint density at radius 3 is 0.882 bits per heavy atom. The predicted octanol–water partition coefficient (Wildman–Crippen LogP) is 3.93. The number of hydrogen-bond donors (Lipinski definition) is 6. The first-order valence-electron chi connectivity index (χ1n) is 18.0. The number of rotatable bonds is 18. The Kier molecular flexibility index (Phi) is 14.9. The molecule has 0 fully saturated rings. The van der Waals surface area contributed by atoms with Crippen molar-refractivity contribution in [3.63, 3.8) is 0 Å². The quantitative estimate of drug-likeness (QED) is 0.0926. The van der Waals surface area contributed by atoms with Crippen molar-refractivity contribution in [2.24, 2.45) is 17.2 Å². The van der Waals surface area contributed by atoms with Crippen LogP contribution in [0, 0.1) is 0 Å². The average Bonchev–Trinajstić information content (AvgIpc) is 3.15. The molecular formula is C42H54N6O3. The van der Waals surface area contributed by atoms with Crippen molar-refractivity contribution in [1.82, 2.24) is 16.0 Å². The van der Waals surface area contributed by atoms with Crippen molar-refractivity contribution in [3.05, 3.63) is 141 Å². The summed E-state index contributed by atoms with van der Waals surface area (Å²) in [5.41, 5.74) is 28.2. The van der Waals surface area contributed by atoms with Gasteiger partial charge in [-0.25, -0.2) is 0 Å². The van der Waals surface area contributed by atoms with E-state index in [1.54, 1.807) is 0 Å². The Morgan fingerprint density at radius 1 is 0.431 bits per heavy atom. The molecule has 0 aliphatic carbocycles. The SMILES string of the molecule is CCc1c(CNC(=O)C(N)Cc2ccccc2)c(CC)c(CNC(=O)C(N)Cc2ccccc2)c(CC)c1CNC(=O)C(N)Cc1ccccc1. The van der Waals surface area contributed by atoms with Crippen molar-refractivity contribution in [2.75, 3.05) is 0 Å². The third-order valence-corrected chi connectivity index (χ3v) is 9.47. The van der Waals surface area contributed by atoms with Crippen LogP contribution < -0.4 is 33.2 Å². The molecule has 0 aliphatic rings. The highest BCUT2D eigenvalue weighted by Crippen LogP contribution is 2.31. The van der Waals surface area contributed by atoms with Gasteiger partial charge in [-0.2, -0.15) is 0 Å². The van der Waals surface area contributed by atoms with Gasteiger partial charge in [0.15, 0.2) is 0 Å². The summed E-state index contributed by atoms with van der Waals surface area (Å²) in [5.74, 6) is -0.733. The van der Waals surface area contributed by atoms with Gasteiger partial charge in [0.05, 0.1) is 18.1 Å². The molecule has 4 aromatic rings. The van der Waals surface area contributed by atoms with E-state index in [1.807, 2.05) is 91.0 Å². The molecule has 3 unspecified atom stereocenters. The zero-order chi connectivity index (χ0) is 36.8. The van der Waals surface area contributed by atoms with E-state index in [0.717, 1.165) is 50.1 Å². The largest absolute Gasteiger partial charge is 0.351 e. The molecule has 0 saturated heterocycles.